The summed E-state index contributed by atoms with van der Waals surface area (Å²) in [5, 5.41) is 0. The quantitative estimate of drug-likeness (QED) is 0.597. The molecule has 0 aliphatic heterocycles. The lowest BCUT2D eigenvalue weighted by molar-refractivity contribution is 0.595. The second-order valence-electron chi connectivity index (χ2n) is 5.93. The molecule has 0 aliphatic carbocycles. The van der Waals surface area contributed by atoms with Crippen molar-refractivity contribution in [2.75, 3.05) is 10.5 Å². The molecule has 25 heavy (non-hydrogen) atoms. The minimum atomic E-state index is -3.83. The molecule has 4 nitrogen and oxygen atoms in total. The summed E-state index contributed by atoms with van der Waals surface area (Å²) in [5.41, 5.74) is 1.27. The minimum absolute atomic E-state index is 0.106. The Morgan fingerprint density at radius 3 is 2.76 bits per heavy atom. The SMILES string of the molecule is CC(C)CSc1nc2ccc(NS(=O)(=O)c3cccc(F)c3)cc2s1. The smallest absolute Gasteiger partial charge is 0.261 e. The number of anilines is 1. The van der Waals surface area contributed by atoms with Crippen LogP contribution in [0.25, 0.3) is 10.2 Å². The fourth-order valence-electron chi connectivity index (χ4n) is 2.11. The number of hydrogen-bond donors (Lipinski definition) is 1. The van der Waals surface area contributed by atoms with Gasteiger partial charge in [-0.25, -0.2) is 17.8 Å². The number of hydrogen-bond acceptors (Lipinski definition) is 5. The van der Waals surface area contributed by atoms with Crippen LogP contribution < -0.4 is 4.72 Å². The Bertz CT molecular complexity index is 1000. The van der Waals surface area contributed by atoms with Crippen LogP contribution in [0.3, 0.4) is 0 Å². The Balaban J connectivity index is 1.84. The highest BCUT2D eigenvalue weighted by atomic mass is 32.2. The number of fused-ring (bicyclic) bond motifs is 1. The predicted molar refractivity (Wildman–Crippen MR) is 102 cm³/mol. The summed E-state index contributed by atoms with van der Waals surface area (Å²) in [4.78, 5) is 4.44. The molecule has 0 aliphatic rings. The van der Waals surface area contributed by atoms with Crippen molar-refractivity contribution in [2.24, 2.45) is 5.92 Å². The number of rotatable bonds is 6. The number of halogens is 1. The van der Waals surface area contributed by atoms with E-state index in [-0.39, 0.29) is 4.90 Å². The highest BCUT2D eigenvalue weighted by Gasteiger charge is 2.15. The third-order valence-electron chi connectivity index (χ3n) is 3.27. The van der Waals surface area contributed by atoms with Crippen LogP contribution in [0.2, 0.25) is 0 Å². The fraction of sp³-hybridized carbons (Fsp3) is 0.235. The lowest BCUT2D eigenvalue weighted by Crippen LogP contribution is -2.12. The molecule has 0 saturated carbocycles. The van der Waals surface area contributed by atoms with E-state index in [0.29, 0.717) is 11.6 Å². The number of nitrogens with zero attached hydrogens (tertiary/aromatic N) is 1. The van der Waals surface area contributed by atoms with Crippen molar-refractivity contribution in [3.63, 3.8) is 0 Å². The van der Waals surface area contributed by atoms with Crippen LogP contribution in [0.4, 0.5) is 10.1 Å². The highest BCUT2D eigenvalue weighted by Crippen LogP contribution is 2.32. The van der Waals surface area contributed by atoms with Crippen LogP contribution in [0.1, 0.15) is 13.8 Å². The van der Waals surface area contributed by atoms with E-state index in [9.17, 15) is 12.8 Å². The topological polar surface area (TPSA) is 59.1 Å². The van der Waals surface area contributed by atoms with Crippen molar-refractivity contribution in [1.82, 2.24) is 4.98 Å². The van der Waals surface area contributed by atoms with E-state index in [2.05, 4.69) is 23.6 Å². The molecule has 0 radical (unpaired) electrons. The van der Waals surface area contributed by atoms with Gasteiger partial charge >= 0.3 is 0 Å². The van der Waals surface area contributed by atoms with E-state index in [1.165, 1.54) is 29.5 Å². The number of aromatic nitrogens is 1. The molecule has 0 bridgehead atoms. The van der Waals surface area contributed by atoms with Crippen molar-refractivity contribution < 1.29 is 12.8 Å². The third-order valence-corrected chi connectivity index (χ3v) is 7.23. The molecule has 0 atom stereocenters. The standard InChI is InChI=1S/C17H17FN2O2S3/c1-11(2)10-23-17-19-15-7-6-13(9-16(15)24-17)20-25(21,22)14-5-3-4-12(18)8-14/h3-9,11,20H,10H2,1-2H3. The summed E-state index contributed by atoms with van der Waals surface area (Å²) in [7, 11) is -3.83. The first kappa shape index (κ1) is 18.2. The largest absolute Gasteiger partial charge is 0.280 e. The second kappa shape index (κ2) is 7.31. The summed E-state index contributed by atoms with van der Waals surface area (Å²) in [6, 6.07) is 10.1. The second-order valence-corrected chi connectivity index (χ2v) is 9.91. The third kappa shape index (κ3) is 4.50. The van der Waals surface area contributed by atoms with E-state index in [4.69, 9.17) is 0 Å². The lowest BCUT2D eigenvalue weighted by Gasteiger charge is -2.08. The van der Waals surface area contributed by atoms with Crippen LogP contribution in [-0.4, -0.2) is 19.2 Å². The van der Waals surface area contributed by atoms with Gasteiger partial charge < -0.3 is 0 Å². The molecule has 3 rings (SSSR count). The molecule has 3 aromatic rings. The zero-order valence-electron chi connectivity index (χ0n) is 13.7. The van der Waals surface area contributed by atoms with Crippen molar-refractivity contribution in [3.8, 4) is 0 Å². The monoisotopic (exact) mass is 396 g/mol. The number of benzene rings is 2. The summed E-state index contributed by atoms with van der Waals surface area (Å²) >= 11 is 3.23. The number of nitrogens with one attached hydrogen (secondary N) is 1. The van der Waals surface area contributed by atoms with Crippen molar-refractivity contribution in [1.29, 1.82) is 0 Å². The maximum absolute atomic E-state index is 13.3. The average molecular weight is 397 g/mol. The molecule has 1 N–H and O–H groups in total. The molecule has 0 saturated heterocycles. The van der Waals surface area contributed by atoms with Gasteiger partial charge in [-0.3, -0.25) is 4.72 Å². The average Bonchev–Trinajstić information content (AvgIpc) is 2.95. The van der Waals surface area contributed by atoms with Crippen molar-refractivity contribution in [2.45, 2.75) is 23.1 Å². The van der Waals surface area contributed by atoms with Crippen LogP contribution in [0.5, 0.6) is 0 Å². The molecule has 2 aromatic carbocycles. The maximum atomic E-state index is 13.3. The van der Waals surface area contributed by atoms with Crippen LogP contribution in [-0.2, 0) is 10.0 Å². The maximum Gasteiger partial charge on any atom is 0.261 e. The van der Waals surface area contributed by atoms with Gasteiger partial charge in [0.15, 0.2) is 4.34 Å². The predicted octanol–water partition coefficient (Wildman–Crippen LogP) is 4.98. The van der Waals surface area contributed by atoms with E-state index in [0.717, 1.165) is 26.4 Å². The van der Waals surface area contributed by atoms with E-state index in [1.54, 1.807) is 30.0 Å². The number of thiazole rings is 1. The summed E-state index contributed by atoms with van der Waals surface area (Å²) in [6.45, 7) is 4.30. The van der Waals surface area contributed by atoms with Gasteiger partial charge in [0.05, 0.1) is 20.8 Å². The minimum Gasteiger partial charge on any atom is -0.280 e. The number of thioether (sulfide) groups is 1. The lowest BCUT2D eigenvalue weighted by atomic mass is 10.3. The van der Waals surface area contributed by atoms with Crippen molar-refractivity contribution >= 4 is 49.0 Å². The molecule has 0 unspecified atom stereocenters. The molecule has 8 heteroatoms. The Kier molecular flexibility index (Phi) is 5.31. The van der Waals surface area contributed by atoms with Crippen molar-refractivity contribution in [3.05, 3.63) is 48.3 Å². The normalized spacial score (nSPS) is 12.0. The van der Waals surface area contributed by atoms with Gasteiger partial charge in [-0.2, -0.15) is 0 Å². The molecule has 0 fully saturated rings. The van der Waals surface area contributed by atoms with Gasteiger partial charge in [-0.05, 0) is 42.3 Å². The van der Waals surface area contributed by atoms with Crippen LogP contribution in [0, 0.1) is 11.7 Å². The fourth-order valence-corrected chi connectivity index (χ4v) is 5.28. The van der Waals surface area contributed by atoms with Gasteiger partial charge in [0.2, 0.25) is 0 Å². The first-order valence-corrected chi connectivity index (χ1v) is 10.9. The Labute approximate surface area is 154 Å². The van der Waals surface area contributed by atoms with Gasteiger partial charge in [-0.15, -0.1) is 11.3 Å². The molecule has 0 amide bonds. The van der Waals surface area contributed by atoms with E-state index >= 15 is 0 Å². The van der Waals surface area contributed by atoms with Gasteiger partial charge in [0, 0.05) is 5.75 Å². The highest BCUT2D eigenvalue weighted by molar-refractivity contribution is 8.01. The van der Waals surface area contributed by atoms with Gasteiger partial charge in [-0.1, -0.05) is 31.7 Å². The zero-order valence-corrected chi connectivity index (χ0v) is 16.1. The Morgan fingerprint density at radius 1 is 1.24 bits per heavy atom. The first-order chi connectivity index (χ1) is 11.8. The Morgan fingerprint density at radius 2 is 2.04 bits per heavy atom. The molecule has 1 heterocycles. The molecular weight excluding hydrogens is 379 g/mol. The molecule has 132 valence electrons. The van der Waals surface area contributed by atoms with Crippen LogP contribution >= 0.6 is 23.1 Å². The molecule has 0 spiro atoms. The zero-order chi connectivity index (χ0) is 18.0. The Hall–Kier alpha value is -1.64. The van der Waals surface area contributed by atoms with E-state index in [1.807, 2.05) is 0 Å². The van der Waals surface area contributed by atoms with E-state index < -0.39 is 15.8 Å². The summed E-state index contributed by atoms with van der Waals surface area (Å²) in [6.07, 6.45) is 0. The number of sulfonamides is 1. The summed E-state index contributed by atoms with van der Waals surface area (Å²) in [5.74, 6) is 0.969. The molecule has 1 aromatic heterocycles. The van der Waals surface area contributed by atoms with Gasteiger partial charge in [0.25, 0.3) is 10.0 Å². The van der Waals surface area contributed by atoms with Crippen LogP contribution in [0.15, 0.2) is 51.7 Å². The summed E-state index contributed by atoms with van der Waals surface area (Å²) < 4.78 is 42.4. The van der Waals surface area contributed by atoms with Gasteiger partial charge in [0.1, 0.15) is 5.82 Å². The molecular formula is C17H17FN2O2S3. The first-order valence-electron chi connectivity index (χ1n) is 7.65.